The van der Waals surface area contributed by atoms with Crippen molar-refractivity contribution >= 4 is 17.6 Å². The zero-order valence-electron chi connectivity index (χ0n) is 15.8. The van der Waals surface area contributed by atoms with Gasteiger partial charge in [0.15, 0.2) is 5.69 Å². The van der Waals surface area contributed by atoms with E-state index in [1.54, 1.807) is 12.1 Å². The van der Waals surface area contributed by atoms with Crippen LogP contribution in [0.5, 0.6) is 0 Å². The van der Waals surface area contributed by atoms with Crippen LogP contribution in [0.3, 0.4) is 0 Å². The molecular weight excluding hydrogens is 384 g/mol. The van der Waals surface area contributed by atoms with Crippen LogP contribution in [0.15, 0.2) is 18.3 Å². The number of aromatic nitrogens is 3. The van der Waals surface area contributed by atoms with Crippen LogP contribution >= 0.6 is 0 Å². The van der Waals surface area contributed by atoms with Gasteiger partial charge in [-0.2, -0.15) is 10.5 Å². The van der Waals surface area contributed by atoms with E-state index in [0.29, 0.717) is 42.8 Å². The number of amides is 3. The lowest BCUT2D eigenvalue weighted by molar-refractivity contribution is -0.123. The van der Waals surface area contributed by atoms with Crippen LogP contribution in [0.2, 0.25) is 0 Å². The topological polar surface area (TPSA) is 148 Å². The molecule has 0 aromatic carbocycles. The Hall–Kier alpha value is -4.05. The van der Waals surface area contributed by atoms with Crippen LogP contribution in [0, 0.1) is 22.7 Å². The first-order chi connectivity index (χ1) is 14.5. The molecule has 1 aliphatic heterocycles. The van der Waals surface area contributed by atoms with E-state index in [1.165, 1.54) is 11.1 Å². The maximum Gasteiger partial charge on any atom is 0.323 e. The van der Waals surface area contributed by atoms with Crippen molar-refractivity contribution in [2.45, 2.75) is 37.3 Å². The molecule has 30 heavy (non-hydrogen) atoms. The summed E-state index contributed by atoms with van der Waals surface area (Å²) in [4.78, 5) is 39.9. The molecule has 0 unspecified atom stereocenters. The molecule has 1 spiro atoms. The van der Waals surface area contributed by atoms with E-state index >= 15 is 0 Å². The number of nitrogens with zero attached hydrogens (tertiary/aromatic N) is 6. The molecule has 148 valence electrons. The van der Waals surface area contributed by atoms with Crippen molar-refractivity contribution in [3.63, 3.8) is 0 Å². The summed E-state index contributed by atoms with van der Waals surface area (Å²) in [5, 5.41) is 23.8. The van der Waals surface area contributed by atoms with E-state index in [-0.39, 0.29) is 35.9 Å². The highest BCUT2D eigenvalue weighted by Gasteiger charge is 2.57. The summed E-state index contributed by atoms with van der Waals surface area (Å²) < 4.78 is 0. The summed E-state index contributed by atoms with van der Waals surface area (Å²) in [5.41, 5.74) is 2.49. The van der Waals surface area contributed by atoms with Gasteiger partial charge in [0, 0.05) is 0 Å². The lowest BCUT2D eigenvalue weighted by Gasteiger charge is -2.36. The van der Waals surface area contributed by atoms with Gasteiger partial charge in [0.25, 0.3) is 0 Å². The monoisotopic (exact) mass is 400 g/mol. The van der Waals surface area contributed by atoms with Crippen LogP contribution < -0.4 is 10.6 Å². The summed E-state index contributed by atoms with van der Waals surface area (Å²) in [6.07, 6.45) is 4.05. The maximum atomic E-state index is 12.8. The van der Waals surface area contributed by atoms with Gasteiger partial charge >= 0.3 is 6.03 Å². The van der Waals surface area contributed by atoms with E-state index in [0.717, 1.165) is 5.69 Å². The first-order valence-corrected chi connectivity index (χ1v) is 9.59. The van der Waals surface area contributed by atoms with Gasteiger partial charge in [0.05, 0.1) is 40.5 Å². The zero-order chi connectivity index (χ0) is 20.9. The smallest absolute Gasteiger partial charge is 0.323 e. The van der Waals surface area contributed by atoms with E-state index in [1.807, 2.05) is 12.1 Å². The third kappa shape index (κ3) is 2.73. The van der Waals surface area contributed by atoms with Gasteiger partial charge in [-0.05, 0) is 37.8 Å². The van der Waals surface area contributed by atoms with Crippen molar-refractivity contribution in [1.29, 1.82) is 10.5 Å². The highest BCUT2D eigenvalue weighted by atomic mass is 16.2. The average Bonchev–Trinajstić information content (AvgIpc) is 3.46. The number of aryl methyl sites for hydroxylation is 1. The molecule has 3 heterocycles. The fourth-order valence-corrected chi connectivity index (χ4v) is 4.24. The second kappa shape index (κ2) is 6.49. The van der Waals surface area contributed by atoms with Gasteiger partial charge in [-0.1, -0.05) is 0 Å². The summed E-state index contributed by atoms with van der Waals surface area (Å²) in [7, 11) is 0. The number of anilines is 1. The molecule has 0 radical (unpaired) electrons. The van der Waals surface area contributed by atoms with Crippen molar-refractivity contribution in [2.24, 2.45) is 0 Å². The van der Waals surface area contributed by atoms with Gasteiger partial charge in [0.2, 0.25) is 5.91 Å². The van der Waals surface area contributed by atoms with Crippen LogP contribution in [-0.4, -0.2) is 38.3 Å². The molecule has 1 fully saturated rings. The number of carbonyl (C=O) groups excluding carboxylic acids is 2. The van der Waals surface area contributed by atoms with Crippen molar-refractivity contribution < 1.29 is 9.59 Å². The Morgan fingerprint density at radius 3 is 2.80 bits per heavy atom. The summed E-state index contributed by atoms with van der Waals surface area (Å²) in [5.74, 6) is -0.305. The summed E-state index contributed by atoms with van der Waals surface area (Å²) >= 11 is 0. The number of nitrogens with one attached hydrogen (secondary N) is 2. The number of nitriles is 2. The Morgan fingerprint density at radius 2 is 2.07 bits per heavy atom. The minimum absolute atomic E-state index is 0.126. The normalized spacial score (nSPS) is 19.9. The highest BCUT2D eigenvalue weighted by molar-refractivity contribution is 5.96. The molecule has 2 N–H and O–H groups in total. The first-order valence-electron chi connectivity index (χ1n) is 9.59. The summed E-state index contributed by atoms with van der Waals surface area (Å²) in [6, 6.07) is 6.58. The fraction of sp³-hybridized carbons (Fsp3) is 0.350. The number of hydrogen-bond acceptors (Lipinski definition) is 7. The van der Waals surface area contributed by atoms with Crippen molar-refractivity contribution in [2.75, 3.05) is 11.9 Å². The molecule has 10 heteroatoms. The predicted octanol–water partition coefficient (Wildman–Crippen LogP) is 1.26. The molecule has 10 nitrogen and oxygen atoms in total. The second-order valence-electron chi connectivity index (χ2n) is 7.61. The van der Waals surface area contributed by atoms with E-state index < -0.39 is 5.54 Å². The number of fused-ring (bicyclic) bond motifs is 3. The quantitative estimate of drug-likeness (QED) is 0.788. The Kier molecular flexibility index (Phi) is 3.90. The highest BCUT2D eigenvalue weighted by Crippen LogP contribution is 2.54. The molecule has 0 bridgehead atoms. The number of carbonyl (C=O) groups is 2. The van der Waals surface area contributed by atoms with Crippen molar-refractivity contribution in [3.8, 4) is 12.1 Å². The van der Waals surface area contributed by atoms with Crippen LogP contribution in [-0.2, 0) is 16.8 Å². The van der Waals surface area contributed by atoms with Crippen LogP contribution in [0.4, 0.5) is 10.5 Å². The van der Waals surface area contributed by atoms with Gasteiger partial charge in [0.1, 0.15) is 24.4 Å². The molecule has 2 aromatic rings. The van der Waals surface area contributed by atoms with E-state index in [2.05, 4.69) is 25.6 Å². The standard InChI is InChI=1S/C20H16N8O2/c21-7-11-1-2-15-18(25-11)20(5-6-20)28(19(30)27-15)10-16(29)26-14-4-3-13-17(14)23-9-12(8-22)24-13/h1-2,9,14H,3-6,10H2,(H,26,29)(H,27,30)/t14-/m0/s1. The SMILES string of the molecule is N#Cc1cnc2c(n1)CC[C@@H]2NC(=O)CN1C(=O)Nc2ccc(C#N)nc2C12CC2. The Balaban J connectivity index is 1.34. The molecular formula is C20H16N8O2. The lowest BCUT2D eigenvalue weighted by Crippen LogP contribution is -2.52. The van der Waals surface area contributed by atoms with Gasteiger partial charge in [-0.3, -0.25) is 9.78 Å². The fourth-order valence-electron chi connectivity index (χ4n) is 4.24. The number of urea groups is 1. The van der Waals surface area contributed by atoms with Crippen molar-refractivity contribution in [3.05, 3.63) is 46.8 Å². The minimum atomic E-state index is -0.642. The van der Waals surface area contributed by atoms with Gasteiger partial charge in [-0.25, -0.2) is 14.8 Å². The summed E-state index contributed by atoms with van der Waals surface area (Å²) in [6.45, 7) is -0.126. The Morgan fingerprint density at radius 1 is 1.27 bits per heavy atom. The van der Waals surface area contributed by atoms with Gasteiger partial charge in [-0.15, -0.1) is 0 Å². The molecule has 1 saturated carbocycles. The van der Waals surface area contributed by atoms with Crippen molar-refractivity contribution in [1.82, 2.24) is 25.2 Å². The zero-order valence-corrected chi connectivity index (χ0v) is 15.8. The average molecular weight is 400 g/mol. The molecule has 3 amide bonds. The predicted molar refractivity (Wildman–Crippen MR) is 102 cm³/mol. The van der Waals surface area contributed by atoms with Gasteiger partial charge < -0.3 is 15.5 Å². The van der Waals surface area contributed by atoms with Crippen LogP contribution in [0.25, 0.3) is 0 Å². The minimum Gasteiger partial charge on any atom is -0.346 e. The number of rotatable bonds is 3. The van der Waals surface area contributed by atoms with Crippen LogP contribution in [0.1, 0.15) is 53.8 Å². The number of hydrogen-bond donors (Lipinski definition) is 2. The third-order valence-corrected chi connectivity index (χ3v) is 5.81. The van der Waals surface area contributed by atoms with E-state index in [9.17, 15) is 9.59 Å². The second-order valence-corrected chi connectivity index (χ2v) is 7.61. The Bertz CT molecular complexity index is 1170. The largest absolute Gasteiger partial charge is 0.346 e. The lowest BCUT2D eigenvalue weighted by atomic mass is 10.0. The molecule has 3 aliphatic rings. The first kappa shape index (κ1) is 18.0. The third-order valence-electron chi connectivity index (χ3n) is 5.81. The maximum absolute atomic E-state index is 12.8. The Labute approximate surface area is 171 Å². The molecule has 2 aromatic heterocycles. The molecule has 2 aliphatic carbocycles. The molecule has 0 saturated heterocycles. The molecule has 1 atom stereocenters. The number of pyridine rings is 1. The van der Waals surface area contributed by atoms with E-state index in [4.69, 9.17) is 10.5 Å². The molecule has 5 rings (SSSR count).